The third-order valence-corrected chi connectivity index (χ3v) is 4.05. The Bertz CT molecular complexity index is 871. The van der Waals surface area contributed by atoms with Crippen LogP contribution in [0.5, 0.6) is 5.75 Å². The van der Waals surface area contributed by atoms with Gasteiger partial charge in [0.15, 0.2) is 4.96 Å². The van der Waals surface area contributed by atoms with E-state index in [1.165, 1.54) is 25.4 Å². The number of anilines is 2. The van der Waals surface area contributed by atoms with Crippen molar-refractivity contribution in [3.63, 3.8) is 0 Å². The number of fused-ring (bicyclic) bond motifs is 1. The van der Waals surface area contributed by atoms with Crippen LogP contribution >= 0.6 is 11.3 Å². The second kappa shape index (κ2) is 6.71. The maximum absolute atomic E-state index is 12.2. The Morgan fingerprint density at radius 3 is 2.88 bits per heavy atom. The highest BCUT2D eigenvalue weighted by Crippen LogP contribution is 2.27. The van der Waals surface area contributed by atoms with Gasteiger partial charge in [-0.05, 0) is 18.2 Å². The summed E-state index contributed by atoms with van der Waals surface area (Å²) in [5.74, 6) is 0.132. The monoisotopic (exact) mass is 344 g/mol. The number of nitrogens with zero attached hydrogens (tertiary/aromatic N) is 2. The molecule has 0 atom stereocenters. The van der Waals surface area contributed by atoms with Crippen LogP contribution in [0.15, 0.2) is 36.0 Å². The minimum Gasteiger partial charge on any atom is -0.495 e. The third-order valence-electron chi connectivity index (χ3n) is 3.28. The number of rotatable bonds is 5. The summed E-state index contributed by atoms with van der Waals surface area (Å²) in [7, 11) is 1.52. The average molecular weight is 344 g/mol. The van der Waals surface area contributed by atoms with E-state index in [-0.39, 0.29) is 18.2 Å². The molecule has 0 bridgehead atoms. The highest BCUT2D eigenvalue weighted by Gasteiger charge is 2.11. The van der Waals surface area contributed by atoms with Crippen LogP contribution in [0.3, 0.4) is 0 Å². The largest absolute Gasteiger partial charge is 0.495 e. The Morgan fingerprint density at radius 1 is 1.33 bits per heavy atom. The molecule has 2 aromatic heterocycles. The van der Waals surface area contributed by atoms with Crippen molar-refractivity contribution in [2.24, 2.45) is 0 Å². The van der Waals surface area contributed by atoms with E-state index in [9.17, 15) is 9.59 Å². The molecule has 0 aliphatic heterocycles. The van der Waals surface area contributed by atoms with Crippen molar-refractivity contribution in [2.75, 3.05) is 17.7 Å². The molecule has 3 rings (SSSR count). The standard InChI is InChI=1S/C16H16N4O3S/c1-10(21)17-13-7-11(3-4-14(13)23-2)18-15(22)8-12-9-20-5-6-24-16(20)19-12/h3-7,9H,8H2,1-2H3,(H,17,21)(H,18,22). The second-order valence-electron chi connectivity index (χ2n) is 5.15. The van der Waals surface area contributed by atoms with Gasteiger partial charge >= 0.3 is 0 Å². The third kappa shape index (κ3) is 3.54. The zero-order valence-corrected chi connectivity index (χ0v) is 14.0. The molecule has 0 fully saturated rings. The van der Waals surface area contributed by atoms with Crippen LogP contribution in [0.2, 0.25) is 0 Å². The molecule has 2 N–H and O–H groups in total. The topological polar surface area (TPSA) is 84.7 Å². The van der Waals surface area contributed by atoms with E-state index in [2.05, 4.69) is 15.6 Å². The molecule has 0 unspecified atom stereocenters. The molecular formula is C16H16N4O3S. The molecule has 0 saturated carbocycles. The van der Waals surface area contributed by atoms with Crippen molar-refractivity contribution in [3.05, 3.63) is 41.7 Å². The first-order chi connectivity index (χ1) is 11.5. The lowest BCUT2D eigenvalue weighted by atomic mass is 10.2. The lowest BCUT2D eigenvalue weighted by molar-refractivity contribution is -0.116. The molecule has 3 aromatic rings. The van der Waals surface area contributed by atoms with Crippen LogP contribution in [0.25, 0.3) is 4.96 Å². The molecule has 0 aliphatic carbocycles. The number of hydrogen-bond donors (Lipinski definition) is 2. The number of nitrogens with one attached hydrogen (secondary N) is 2. The first-order valence-electron chi connectivity index (χ1n) is 7.21. The van der Waals surface area contributed by atoms with E-state index in [1.54, 1.807) is 18.2 Å². The molecule has 2 heterocycles. The van der Waals surface area contributed by atoms with Gasteiger partial charge in [0.1, 0.15) is 5.75 Å². The van der Waals surface area contributed by atoms with Crippen LogP contribution in [-0.4, -0.2) is 28.3 Å². The molecule has 0 aliphatic rings. The maximum Gasteiger partial charge on any atom is 0.230 e. The number of imidazole rings is 1. The fourth-order valence-electron chi connectivity index (χ4n) is 2.30. The number of aromatic nitrogens is 2. The molecule has 7 nitrogen and oxygen atoms in total. The highest BCUT2D eigenvalue weighted by molar-refractivity contribution is 7.15. The predicted molar refractivity (Wildman–Crippen MR) is 92.7 cm³/mol. The summed E-state index contributed by atoms with van der Waals surface area (Å²) in [6.45, 7) is 1.41. The highest BCUT2D eigenvalue weighted by atomic mass is 32.1. The Morgan fingerprint density at radius 2 is 2.17 bits per heavy atom. The summed E-state index contributed by atoms with van der Waals surface area (Å²) in [6, 6.07) is 5.06. The molecule has 124 valence electrons. The zero-order chi connectivity index (χ0) is 17.1. The Kier molecular flexibility index (Phi) is 4.48. The van der Waals surface area contributed by atoms with Gasteiger partial charge in [-0.2, -0.15) is 0 Å². The number of hydrogen-bond acceptors (Lipinski definition) is 5. The van der Waals surface area contributed by atoms with E-state index >= 15 is 0 Å². The van der Waals surface area contributed by atoms with Gasteiger partial charge in [-0.1, -0.05) is 0 Å². The van der Waals surface area contributed by atoms with Crippen LogP contribution in [0.1, 0.15) is 12.6 Å². The van der Waals surface area contributed by atoms with Crippen LogP contribution in [0, 0.1) is 0 Å². The van der Waals surface area contributed by atoms with E-state index in [4.69, 9.17) is 4.74 Å². The van der Waals surface area contributed by atoms with Crippen molar-refractivity contribution in [3.8, 4) is 5.75 Å². The van der Waals surface area contributed by atoms with E-state index in [1.807, 2.05) is 22.2 Å². The summed E-state index contributed by atoms with van der Waals surface area (Å²) >= 11 is 1.52. The van der Waals surface area contributed by atoms with Crippen LogP contribution < -0.4 is 15.4 Å². The number of carbonyl (C=O) groups excluding carboxylic acids is 2. The quantitative estimate of drug-likeness (QED) is 0.745. The second-order valence-corrected chi connectivity index (χ2v) is 6.02. The van der Waals surface area contributed by atoms with Gasteiger partial charge in [0.25, 0.3) is 0 Å². The fourth-order valence-corrected chi connectivity index (χ4v) is 3.02. The lowest BCUT2D eigenvalue weighted by Gasteiger charge is -2.11. The smallest absolute Gasteiger partial charge is 0.230 e. The number of thiazole rings is 1. The van der Waals surface area contributed by atoms with Gasteiger partial charge in [-0.15, -0.1) is 11.3 Å². The van der Waals surface area contributed by atoms with E-state index in [0.29, 0.717) is 22.8 Å². The molecular weight excluding hydrogens is 328 g/mol. The molecule has 24 heavy (non-hydrogen) atoms. The van der Waals surface area contributed by atoms with Gasteiger partial charge in [0.05, 0.1) is 24.9 Å². The first kappa shape index (κ1) is 16.0. The van der Waals surface area contributed by atoms with Crippen molar-refractivity contribution in [1.82, 2.24) is 9.38 Å². The van der Waals surface area contributed by atoms with E-state index < -0.39 is 0 Å². The van der Waals surface area contributed by atoms with Gasteiger partial charge in [0.2, 0.25) is 11.8 Å². The number of carbonyl (C=O) groups is 2. The summed E-state index contributed by atoms with van der Waals surface area (Å²) in [6.07, 6.45) is 3.91. The Labute approximate surface area is 142 Å². The Balaban J connectivity index is 1.71. The lowest BCUT2D eigenvalue weighted by Crippen LogP contribution is -2.15. The predicted octanol–water partition coefficient (Wildman–Crippen LogP) is 2.54. The maximum atomic E-state index is 12.2. The van der Waals surface area contributed by atoms with Gasteiger partial charge in [0, 0.05) is 30.4 Å². The van der Waals surface area contributed by atoms with E-state index in [0.717, 1.165) is 4.96 Å². The summed E-state index contributed by atoms with van der Waals surface area (Å²) < 4.78 is 7.07. The summed E-state index contributed by atoms with van der Waals surface area (Å²) in [5.41, 5.74) is 1.78. The number of ether oxygens (including phenoxy) is 1. The van der Waals surface area contributed by atoms with Crippen molar-refractivity contribution in [1.29, 1.82) is 0 Å². The molecule has 0 spiro atoms. The minimum absolute atomic E-state index is 0.176. The molecule has 1 aromatic carbocycles. The van der Waals surface area contributed by atoms with Gasteiger partial charge in [-0.25, -0.2) is 4.98 Å². The molecule has 0 radical (unpaired) electrons. The number of benzene rings is 1. The van der Waals surface area contributed by atoms with Crippen molar-refractivity contribution >= 4 is 39.5 Å². The number of amides is 2. The molecule has 2 amide bonds. The Hall–Kier alpha value is -2.87. The summed E-state index contributed by atoms with van der Waals surface area (Å²) in [5, 5.41) is 7.41. The SMILES string of the molecule is COc1ccc(NC(=O)Cc2cn3ccsc3n2)cc1NC(C)=O. The zero-order valence-electron chi connectivity index (χ0n) is 13.2. The molecule has 8 heteroatoms. The van der Waals surface area contributed by atoms with Crippen molar-refractivity contribution < 1.29 is 14.3 Å². The molecule has 0 saturated heterocycles. The normalized spacial score (nSPS) is 10.6. The number of methoxy groups -OCH3 is 1. The van der Waals surface area contributed by atoms with Crippen molar-refractivity contribution in [2.45, 2.75) is 13.3 Å². The van der Waals surface area contributed by atoms with Gasteiger partial charge in [-0.3, -0.25) is 14.0 Å². The summed E-state index contributed by atoms with van der Waals surface area (Å²) in [4.78, 5) is 28.7. The first-order valence-corrected chi connectivity index (χ1v) is 8.09. The minimum atomic E-state index is -0.213. The van der Waals surface area contributed by atoms with Crippen LogP contribution in [-0.2, 0) is 16.0 Å². The van der Waals surface area contributed by atoms with Crippen LogP contribution in [0.4, 0.5) is 11.4 Å². The fraction of sp³-hybridized carbons (Fsp3) is 0.188. The van der Waals surface area contributed by atoms with Gasteiger partial charge < -0.3 is 15.4 Å². The average Bonchev–Trinajstić information content (AvgIpc) is 3.08.